The third kappa shape index (κ3) is 3.45. The fourth-order valence-electron chi connectivity index (χ4n) is 2.11. The summed E-state index contributed by atoms with van der Waals surface area (Å²) in [6.45, 7) is 2.90. The maximum Gasteiger partial charge on any atom is 0.226 e. The average molecular weight is 286 g/mol. The van der Waals surface area contributed by atoms with Crippen LogP contribution >= 0.6 is 11.3 Å². The first kappa shape index (κ1) is 13.3. The molecule has 0 radical (unpaired) electrons. The highest BCUT2D eigenvalue weighted by Crippen LogP contribution is 2.27. The number of hydrogen-bond acceptors (Lipinski definition) is 3. The predicted octanol–water partition coefficient (Wildman–Crippen LogP) is 3.19. The molecule has 20 heavy (non-hydrogen) atoms. The van der Waals surface area contributed by atoms with Gasteiger partial charge in [0.2, 0.25) is 5.91 Å². The molecule has 1 aliphatic carbocycles. The van der Waals surface area contributed by atoms with E-state index in [0.717, 1.165) is 28.7 Å². The zero-order valence-electron chi connectivity index (χ0n) is 11.6. The second-order valence-electron chi connectivity index (χ2n) is 5.44. The number of nitrogens with one attached hydrogen (secondary N) is 1. The summed E-state index contributed by atoms with van der Waals surface area (Å²) >= 11 is 1.60. The molecule has 0 spiro atoms. The fourth-order valence-corrected chi connectivity index (χ4v) is 2.92. The van der Waals surface area contributed by atoms with Crippen LogP contribution in [0.15, 0.2) is 29.6 Å². The second-order valence-corrected chi connectivity index (χ2v) is 6.30. The van der Waals surface area contributed by atoms with Crippen molar-refractivity contribution in [2.24, 2.45) is 5.92 Å². The van der Waals surface area contributed by atoms with E-state index in [1.54, 1.807) is 11.3 Å². The first-order chi connectivity index (χ1) is 9.70. The van der Waals surface area contributed by atoms with Crippen LogP contribution in [0, 0.1) is 12.8 Å². The van der Waals surface area contributed by atoms with E-state index in [4.69, 9.17) is 0 Å². The number of aryl methyl sites for hydroxylation is 1. The summed E-state index contributed by atoms with van der Waals surface area (Å²) in [5, 5.41) is 5.94. The van der Waals surface area contributed by atoms with E-state index in [1.165, 1.54) is 18.4 Å². The molecule has 1 N–H and O–H groups in total. The number of benzene rings is 1. The Morgan fingerprint density at radius 2 is 2.30 bits per heavy atom. The number of carbonyl (C=O) groups is 1. The van der Waals surface area contributed by atoms with E-state index in [-0.39, 0.29) is 5.91 Å². The van der Waals surface area contributed by atoms with Crippen LogP contribution in [0.4, 0.5) is 0 Å². The number of hydrogen-bond donors (Lipinski definition) is 1. The molecule has 1 aliphatic rings. The molecular weight excluding hydrogens is 268 g/mol. The van der Waals surface area contributed by atoms with Crippen LogP contribution in [0.3, 0.4) is 0 Å². The third-order valence-corrected chi connectivity index (χ3v) is 4.38. The maximum absolute atomic E-state index is 11.8. The van der Waals surface area contributed by atoms with Gasteiger partial charge >= 0.3 is 0 Å². The van der Waals surface area contributed by atoms with Gasteiger partial charge in [-0.05, 0) is 31.7 Å². The number of rotatable bonds is 5. The van der Waals surface area contributed by atoms with Gasteiger partial charge in [0, 0.05) is 17.5 Å². The fraction of sp³-hybridized carbons (Fsp3) is 0.375. The lowest BCUT2D eigenvalue weighted by Crippen LogP contribution is -2.27. The molecule has 4 heteroatoms. The standard InChI is InChI=1S/C16H18N2OS/c1-11-3-2-4-13(7-11)16-18-14(10-20-16)8-15(19)17-9-12-5-6-12/h2-4,7,10,12H,5-6,8-9H2,1H3,(H,17,19). The SMILES string of the molecule is Cc1cccc(-c2nc(CC(=O)NCC3CC3)cs2)c1. The van der Waals surface area contributed by atoms with Gasteiger partial charge in [-0.2, -0.15) is 0 Å². The molecule has 1 heterocycles. The van der Waals surface area contributed by atoms with Crippen LogP contribution in [0.1, 0.15) is 24.1 Å². The predicted molar refractivity (Wildman–Crippen MR) is 81.7 cm³/mol. The molecule has 0 bridgehead atoms. The molecule has 1 aromatic carbocycles. The lowest BCUT2D eigenvalue weighted by atomic mass is 10.1. The second kappa shape index (κ2) is 5.75. The molecule has 1 fully saturated rings. The van der Waals surface area contributed by atoms with Crippen molar-refractivity contribution in [1.82, 2.24) is 10.3 Å². The summed E-state index contributed by atoms with van der Waals surface area (Å²) in [7, 11) is 0. The Balaban J connectivity index is 1.62. The number of nitrogens with zero attached hydrogens (tertiary/aromatic N) is 1. The summed E-state index contributed by atoms with van der Waals surface area (Å²) < 4.78 is 0. The van der Waals surface area contributed by atoms with E-state index in [9.17, 15) is 4.79 Å². The summed E-state index contributed by atoms with van der Waals surface area (Å²) in [4.78, 5) is 16.4. The highest BCUT2D eigenvalue weighted by atomic mass is 32.1. The Morgan fingerprint density at radius 3 is 3.05 bits per heavy atom. The van der Waals surface area contributed by atoms with Crippen LogP contribution in [0.5, 0.6) is 0 Å². The Kier molecular flexibility index (Phi) is 3.83. The van der Waals surface area contributed by atoms with E-state index in [1.807, 2.05) is 11.4 Å². The third-order valence-electron chi connectivity index (χ3n) is 3.44. The average Bonchev–Trinajstić information content (AvgIpc) is 3.15. The van der Waals surface area contributed by atoms with Gasteiger partial charge in [0.05, 0.1) is 12.1 Å². The van der Waals surface area contributed by atoms with Crippen molar-refractivity contribution in [3.05, 3.63) is 40.9 Å². The first-order valence-electron chi connectivity index (χ1n) is 6.99. The van der Waals surface area contributed by atoms with Gasteiger partial charge in [0.1, 0.15) is 5.01 Å². The van der Waals surface area contributed by atoms with E-state index >= 15 is 0 Å². The van der Waals surface area contributed by atoms with Crippen LogP contribution in [-0.2, 0) is 11.2 Å². The van der Waals surface area contributed by atoms with Gasteiger partial charge < -0.3 is 5.32 Å². The van der Waals surface area contributed by atoms with Gasteiger partial charge in [-0.25, -0.2) is 4.98 Å². The highest BCUT2D eigenvalue weighted by Gasteiger charge is 2.21. The molecule has 1 saturated carbocycles. The quantitative estimate of drug-likeness (QED) is 0.917. The first-order valence-corrected chi connectivity index (χ1v) is 7.87. The number of carbonyl (C=O) groups excluding carboxylic acids is 1. The van der Waals surface area contributed by atoms with E-state index in [0.29, 0.717) is 6.42 Å². The molecule has 3 nitrogen and oxygen atoms in total. The molecule has 0 atom stereocenters. The van der Waals surface area contributed by atoms with Crippen molar-refractivity contribution in [3.8, 4) is 10.6 Å². The molecule has 0 unspecified atom stereocenters. The summed E-state index contributed by atoms with van der Waals surface area (Å²) in [6.07, 6.45) is 2.90. The molecular formula is C16H18N2OS. The van der Waals surface area contributed by atoms with Crippen LogP contribution in [0.2, 0.25) is 0 Å². The lowest BCUT2D eigenvalue weighted by molar-refractivity contribution is -0.120. The number of amides is 1. The minimum absolute atomic E-state index is 0.0815. The van der Waals surface area contributed by atoms with Crippen molar-refractivity contribution in [3.63, 3.8) is 0 Å². The molecule has 104 valence electrons. The van der Waals surface area contributed by atoms with Gasteiger partial charge in [-0.15, -0.1) is 11.3 Å². The zero-order chi connectivity index (χ0) is 13.9. The Morgan fingerprint density at radius 1 is 1.45 bits per heavy atom. The molecule has 3 rings (SSSR count). The van der Waals surface area contributed by atoms with Gasteiger partial charge in [0.25, 0.3) is 0 Å². The molecule has 0 aliphatic heterocycles. The summed E-state index contributed by atoms with van der Waals surface area (Å²) in [5.74, 6) is 0.801. The topological polar surface area (TPSA) is 42.0 Å². The van der Waals surface area contributed by atoms with Crippen molar-refractivity contribution in [2.75, 3.05) is 6.54 Å². The van der Waals surface area contributed by atoms with E-state index < -0.39 is 0 Å². The van der Waals surface area contributed by atoms with Gasteiger partial charge in [-0.3, -0.25) is 4.79 Å². The van der Waals surface area contributed by atoms with Crippen molar-refractivity contribution < 1.29 is 4.79 Å². The van der Waals surface area contributed by atoms with Crippen LogP contribution in [0.25, 0.3) is 10.6 Å². The summed E-state index contributed by atoms with van der Waals surface area (Å²) in [5.41, 5.74) is 3.21. The molecule has 0 saturated heterocycles. The highest BCUT2D eigenvalue weighted by molar-refractivity contribution is 7.13. The van der Waals surface area contributed by atoms with E-state index in [2.05, 4.69) is 35.4 Å². The normalized spacial score (nSPS) is 14.2. The molecule has 2 aromatic rings. The van der Waals surface area contributed by atoms with Gasteiger partial charge in [-0.1, -0.05) is 23.8 Å². The number of aromatic nitrogens is 1. The number of thiazole rings is 1. The Bertz CT molecular complexity index is 616. The summed E-state index contributed by atoms with van der Waals surface area (Å²) in [6, 6.07) is 8.29. The minimum atomic E-state index is 0.0815. The van der Waals surface area contributed by atoms with Crippen LogP contribution < -0.4 is 5.32 Å². The van der Waals surface area contributed by atoms with Crippen molar-refractivity contribution in [2.45, 2.75) is 26.2 Å². The minimum Gasteiger partial charge on any atom is -0.355 e. The van der Waals surface area contributed by atoms with Gasteiger partial charge in [0.15, 0.2) is 0 Å². The Labute approximate surface area is 123 Å². The Hall–Kier alpha value is -1.68. The lowest BCUT2D eigenvalue weighted by Gasteiger charge is -2.01. The zero-order valence-corrected chi connectivity index (χ0v) is 12.4. The van der Waals surface area contributed by atoms with Crippen LogP contribution in [-0.4, -0.2) is 17.4 Å². The monoisotopic (exact) mass is 286 g/mol. The smallest absolute Gasteiger partial charge is 0.226 e. The molecule has 1 aromatic heterocycles. The largest absolute Gasteiger partial charge is 0.355 e. The maximum atomic E-state index is 11.8. The van der Waals surface area contributed by atoms with Crippen molar-refractivity contribution >= 4 is 17.2 Å². The van der Waals surface area contributed by atoms with Crippen molar-refractivity contribution in [1.29, 1.82) is 0 Å². The molecule has 1 amide bonds.